The number of hydrogen-bond acceptors (Lipinski definition) is 7. The summed E-state index contributed by atoms with van der Waals surface area (Å²) in [5, 5.41) is 20.7. The Morgan fingerprint density at radius 1 is 1.12 bits per heavy atom. The van der Waals surface area contributed by atoms with Crippen molar-refractivity contribution in [2.24, 2.45) is 0 Å². The van der Waals surface area contributed by atoms with Gasteiger partial charge in [-0.3, -0.25) is 14.9 Å². The molecule has 0 aliphatic carbocycles. The van der Waals surface area contributed by atoms with E-state index >= 15 is 0 Å². The summed E-state index contributed by atoms with van der Waals surface area (Å²) in [5.41, 5.74) is 1.76. The molecular weight excluding hydrogens is 356 g/mol. The van der Waals surface area contributed by atoms with Crippen LogP contribution in [0.1, 0.15) is 0 Å². The quantitative estimate of drug-likeness (QED) is 0.430. The van der Waals surface area contributed by atoms with Gasteiger partial charge in [-0.15, -0.1) is 0 Å². The van der Waals surface area contributed by atoms with E-state index in [1.807, 2.05) is 6.07 Å². The molecular formula is C18H10N2O5S. The fourth-order valence-electron chi connectivity index (χ4n) is 2.65. The summed E-state index contributed by atoms with van der Waals surface area (Å²) in [6, 6.07) is 11.7. The van der Waals surface area contributed by atoms with E-state index in [9.17, 15) is 20.0 Å². The molecule has 4 aromatic rings. The van der Waals surface area contributed by atoms with E-state index < -0.39 is 4.92 Å². The molecule has 0 aliphatic rings. The molecule has 2 heterocycles. The van der Waals surface area contributed by atoms with Crippen LogP contribution in [0.15, 0.2) is 64.1 Å². The van der Waals surface area contributed by atoms with Crippen LogP contribution >= 0.6 is 11.3 Å². The SMILES string of the molecule is O=c1c(-c2ncc([N+](=O)[O-])s2)coc2c(-c3ccc(O)cc3)cccc12. The number of aromatic hydroxyl groups is 1. The average molecular weight is 366 g/mol. The topological polar surface area (TPSA) is 106 Å². The molecule has 0 saturated carbocycles. The summed E-state index contributed by atoms with van der Waals surface area (Å²) in [7, 11) is 0. The van der Waals surface area contributed by atoms with Crippen molar-refractivity contribution in [3.8, 4) is 27.4 Å². The van der Waals surface area contributed by atoms with Gasteiger partial charge in [-0.1, -0.05) is 24.3 Å². The second-order valence-corrected chi connectivity index (χ2v) is 6.48. The van der Waals surface area contributed by atoms with Gasteiger partial charge in [0, 0.05) is 5.56 Å². The van der Waals surface area contributed by atoms with Crippen LogP contribution in [0.2, 0.25) is 0 Å². The van der Waals surface area contributed by atoms with Gasteiger partial charge < -0.3 is 9.52 Å². The van der Waals surface area contributed by atoms with Crippen LogP contribution in [0, 0.1) is 10.1 Å². The van der Waals surface area contributed by atoms with Gasteiger partial charge in [0.15, 0.2) is 0 Å². The molecule has 0 atom stereocenters. The van der Waals surface area contributed by atoms with Gasteiger partial charge in [0.25, 0.3) is 0 Å². The summed E-state index contributed by atoms with van der Waals surface area (Å²) < 4.78 is 5.70. The Balaban J connectivity index is 1.90. The summed E-state index contributed by atoms with van der Waals surface area (Å²) in [6.07, 6.45) is 2.40. The van der Waals surface area contributed by atoms with E-state index in [-0.39, 0.29) is 26.8 Å². The van der Waals surface area contributed by atoms with E-state index in [4.69, 9.17) is 4.42 Å². The Bertz CT molecular complexity index is 1190. The highest BCUT2D eigenvalue weighted by Gasteiger charge is 2.18. The number of para-hydroxylation sites is 1. The van der Waals surface area contributed by atoms with Gasteiger partial charge in [0.1, 0.15) is 28.8 Å². The number of phenols is 1. The third-order valence-electron chi connectivity index (χ3n) is 3.88. The molecule has 0 aliphatic heterocycles. The van der Waals surface area contributed by atoms with Gasteiger partial charge in [0.2, 0.25) is 5.43 Å². The van der Waals surface area contributed by atoms with Crippen LogP contribution in [0.5, 0.6) is 5.75 Å². The lowest BCUT2D eigenvalue weighted by atomic mass is 10.0. The van der Waals surface area contributed by atoms with E-state index in [1.165, 1.54) is 6.26 Å². The number of benzene rings is 2. The summed E-state index contributed by atoms with van der Waals surface area (Å²) in [5.74, 6) is 0.142. The first-order valence-electron chi connectivity index (χ1n) is 7.49. The third-order valence-corrected chi connectivity index (χ3v) is 4.86. The van der Waals surface area contributed by atoms with Crippen molar-refractivity contribution < 1.29 is 14.4 Å². The van der Waals surface area contributed by atoms with Crippen LogP contribution in [0.4, 0.5) is 5.00 Å². The number of rotatable bonds is 3. The first-order valence-corrected chi connectivity index (χ1v) is 8.31. The molecule has 0 bridgehead atoms. The molecule has 0 amide bonds. The Labute approximate surface area is 150 Å². The molecule has 1 N–H and O–H groups in total. The van der Waals surface area contributed by atoms with Crippen molar-refractivity contribution >= 4 is 27.3 Å². The number of nitrogens with zero attached hydrogens (tertiary/aromatic N) is 2. The number of fused-ring (bicyclic) bond motifs is 1. The first-order chi connectivity index (χ1) is 12.5. The van der Waals surface area contributed by atoms with Gasteiger partial charge in [0.05, 0.1) is 15.9 Å². The van der Waals surface area contributed by atoms with Gasteiger partial charge >= 0.3 is 5.00 Å². The van der Waals surface area contributed by atoms with Crippen molar-refractivity contribution in [1.29, 1.82) is 0 Å². The minimum Gasteiger partial charge on any atom is -0.508 e. The Hall–Kier alpha value is -3.52. The highest BCUT2D eigenvalue weighted by atomic mass is 32.1. The maximum Gasteiger partial charge on any atom is 0.344 e. The van der Waals surface area contributed by atoms with Gasteiger partial charge in [-0.05, 0) is 35.1 Å². The highest BCUT2D eigenvalue weighted by molar-refractivity contribution is 7.18. The predicted octanol–water partition coefficient (Wildman–Crippen LogP) is 4.20. The molecule has 8 heteroatoms. The molecule has 2 aromatic heterocycles. The molecule has 0 saturated heterocycles. The van der Waals surface area contributed by atoms with Crippen LogP contribution in [-0.2, 0) is 0 Å². The highest BCUT2D eigenvalue weighted by Crippen LogP contribution is 2.32. The van der Waals surface area contributed by atoms with Crippen molar-refractivity contribution in [2.75, 3.05) is 0 Å². The zero-order valence-electron chi connectivity index (χ0n) is 13.1. The summed E-state index contributed by atoms with van der Waals surface area (Å²) in [6.45, 7) is 0. The molecule has 4 rings (SSSR count). The van der Waals surface area contributed by atoms with Crippen molar-refractivity contribution in [3.63, 3.8) is 0 Å². The number of thiazole rings is 1. The fraction of sp³-hybridized carbons (Fsp3) is 0. The second kappa shape index (κ2) is 6.08. The lowest BCUT2D eigenvalue weighted by Crippen LogP contribution is -2.04. The van der Waals surface area contributed by atoms with Crippen LogP contribution in [0.3, 0.4) is 0 Å². The number of nitro groups is 1. The monoisotopic (exact) mass is 366 g/mol. The van der Waals surface area contributed by atoms with E-state index in [0.717, 1.165) is 23.1 Å². The summed E-state index contributed by atoms with van der Waals surface area (Å²) >= 11 is 0.821. The summed E-state index contributed by atoms with van der Waals surface area (Å²) in [4.78, 5) is 27.1. The van der Waals surface area contributed by atoms with Crippen molar-refractivity contribution in [3.05, 3.63) is 75.3 Å². The van der Waals surface area contributed by atoms with Crippen LogP contribution < -0.4 is 5.43 Å². The second-order valence-electron chi connectivity index (χ2n) is 5.47. The fourth-order valence-corrected chi connectivity index (χ4v) is 3.38. The molecule has 2 aromatic carbocycles. The Morgan fingerprint density at radius 3 is 2.58 bits per heavy atom. The van der Waals surface area contributed by atoms with Crippen molar-refractivity contribution in [1.82, 2.24) is 4.98 Å². The standard InChI is InChI=1S/C18H10N2O5S/c21-11-6-4-10(5-7-11)12-2-1-3-13-16(22)14(9-25-17(12)13)18-19-8-15(26-18)20(23)24/h1-9,21H. The molecule has 0 radical (unpaired) electrons. The molecule has 26 heavy (non-hydrogen) atoms. The normalized spacial score (nSPS) is 10.9. The first kappa shape index (κ1) is 16.0. The van der Waals surface area contributed by atoms with E-state index in [1.54, 1.807) is 36.4 Å². The largest absolute Gasteiger partial charge is 0.508 e. The number of phenolic OH excluding ortho intramolecular Hbond substituents is 1. The van der Waals surface area contributed by atoms with Crippen LogP contribution in [-0.4, -0.2) is 15.0 Å². The van der Waals surface area contributed by atoms with E-state index in [0.29, 0.717) is 16.5 Å². The predicted molar refractivity (Wildman–Crippen MR) is 97.3 cm³/mol. The molecule has 0 unspecified atom stereocenters. The number of aromatic nitrogens is 1. The van der Waals surface area contributed by atoms with Crippen LogP contribution in [0.25, 0.3) is 32.7 Å². The minimum absolute atomic E-state index is 0.141. The lowest BCUT2D eigenvalue weighted by Gasteiger charge is -2.06. The smallest absolute Gasteiger partial charge is 0.344 e. The zero-order valence-corrected chi connectivity index (χ0v) is 13.9. The molecule has 7 nitrogen and oxygen atoms in total. The molecule has 0 spiro atoms. The number of hydrogen-bond donors (Lipinski definition) is 1. The minimum atomic E-state index is -0.549. The lowest BCUT2D eigenvalue weighted by molar-refractivity contribution is -0.380. The Kier molecular flexibility index (Phi) is 3.74. The Morgan fingerprint density at radius 2 is 1.88 bits per heavy atom. The van der Waals surface area contributed by atoms with Crippen molar-refractivity contribution in [2.45, 2.75) is 0 Å². The molecule has 0 fully saturated rings. The van der Waals surface area contributed by atoms with Gasteiger partial charge in [-0.25, -0.2) is 4.98 Å². The zero-order chi connectivity index (χ0) is 18.3. The molecule has 128 valence electrons. The third kappa shape index (κ3) is 2.62. The maximum atomic E-state index is 12.8. The van der Waals surface area contributed by atoms with Gasteiger partial charge in [-0.2, -0.15) is 0 Å². The van der Waals surface area contributed by atoms with E-state index in [2.05, 4.69) is 4.98 Å². The average Bonchev–Trinajstić information content (AvgIpc) is 3.13. The maximum absolute atomic E-state index is 12.8.